The quantitative estimate of drug-likeness (QED) is 0.718. The number of anilines is 1. The number of aryl methyl sites for hydroxylation is 1. The molecule has 0 fully saturated rings. The topological polar surface area (TPSA) is 46.3 Å². The van der Waals surface area contributed by atoms with E-state index in [1.54, 1.807) is 17.2 Å². The molecule has 0 aliphatic rings. The summed E-state index contributed by atoms with van der Waals surface area (Å²) in [7, 11) is 0. The standard InChI is InChI=1S/C15H13ClN2O2S/c1-9-5-6-12(16)14-13(9)17-15(21-14)18(10(2)19)8-11-4-3-7-20-11/h3-7H,8H2,1-2H3. The van der Waals surface area contributed by atoms with Crippen molar-refractivity contribution in [2.75, 3.05) is 4.90 Å². The van der Waals surface area contributed by atoms with Gasteiger partial charge in [0.2, 0.25) is 5.91 Å². The lowest BCUT2D eigenvalue weighted by Gasteiger charge is -2.15. The van der Waals surface area contributed by atoms with Crippen LogP contribution in [0.4, 0.5) is 5.13 Å². The average Bonchev–Trinajstić information content (AvgIpc) is 3.09. The average molecular weight is 321 g/mol. The third kappa shape index (κ3) is 2.66. The van der Waals surface area contributed by atoms with Gasteiger partial charge in [-0.1, -0.05) is 29.0 Å². The highest BCUT2D eigenvalue weighted by Crippen LogP contribution is 2.36. The van der Waals surface area contributed by atoms with Crippen molar-refractivity contribution in [3.05, 3.63) is 46.9 Å². The van der Waals surface area contributed by atoms with Gasteiger partial charge in [0.25, 0.3) is 0 Å². The van der Waals surface area contributed by atoms with Crippen LogP contribution in [-0.2, 0) is 11.3 Å². The Morgan fingerprint density at radius 3 is 2.86 bits per heavy atom. The molecule has 0 saturated carbocycles. The maximum Gasteiger partial charge on any atom is 0.226 e. The Bertz CT molecular complexity index is 756. The zero-order valence-electron chi connectivity index (χ0n) is 11.6. The number of thiazole rings is 1. The minimum absolute atomic E-state index is 0.0840. The second kappa shape index (κ2) is 5.50. The zero-order valence-corrected chi connectivity index (χ0v) is 13.2. The Kier molecular flexibility index (Phi) is 3.69. The number of amides is 1. The van der Waals surface area contributed by atoms with Crippen LogP contribution in [0, 0.1) is 6.92 Å². The number of aromatic nitrogens is 1. The van der Waals surface area contributed by atoms with E-state index in [1.165, 1.54) is 18.3 Å². The number of rotatable bonds is 3. The second-order valence-electron chi connectivity index (χ2n) is 4.72. The van der Waals surface area contributed by atoms with E-state index < -0.39 is 0 Å². The number of halogens is 1. The third-order valence-electron chi connectivity index (χ3n) is 3.19. The van der Waals surface area contributed by atoms with Gasteiger partial charge in [0, 0.05) is 6.92 Å². The molecular formula is C15H13ClN2O2S. The minimum Gasteiger partial charge on any atom is -0.467 e. The molecule has 3 rings (SSSR count). The molecule has 21 heavy (non-hydrogen) atoms. The van der Waals surface area contributed by atoms with Gasteiger partial charge in [-0.3, -0.25) is 9.69 Å². The monoisotopic (exact) mass is 320 g/mol. The van der Waals surface area contributed by atoms with Crippen LogP contribution in [0.25, 0.3) is 10.2 Å². The number of carbonyl (C=O) groups excluding carboxylic acids is 1. The van der Waals surface area contributed by atoms with Crippen LogP contribution in [0.5, 0.6) is 0 Å². The van der Waals surface area contributed by atoms with Gasteiger partial charge in [-0.2, -0.15) is 0 Å². The van der Waals surface area contributed by atoms with E-state index in [0.717, 1.165) is 15.8 Å². The van der Waals surface area contributed by atoms with E-state index in [1.807, 2.05) is 25.1 Å². The van der Waals surface area contributed by atoms with Crippen molar-refractivity contribution in [1.29, 1.82) is 0 Å². The van der Waals surface area contributed by atoms with Crippen LogP contribution in [-0.4, -0.2) is 10.9 Å². The summed E-state index contributed by atoms with van der Waals surface area (Å²) >= 11 is 7.63. The van der Waals surface area contributed by atoms with Crippen molar-refractivity contribution in [2.45, 2.75) is 20.4 Å². The number of hydrogen-bond acceptors (Lipinski definition) is 4. The summed E-state index contributed by atoms with van der Waals surface area (Å²) < 4.78 is 6.21. The largest absolute Gasteiger partial charge is 0.467 e. The lowest BCUT2D eigenvalue weighted by Crippen LogP contribution is -2.27. The van der Waals surface area contributed by atoms with E-state index in [0.29, 0.717) is 22.5 Å². The molecule has 2 aromatic heterocycles. The predicted molar refractivity (Wildman–Crippen MR) is 84.9 cm³/mol. The molecule has 0 aliphatic heterocycles. The number of nitrogens with zero attached hydrogens (tertiary/aromatic N) is 2. The molecule has 2 heterocycles. The van der Waals surface area contributed by atoms with E-state index in [-0.39, 0.29) is 5.91 Å². The molecule has 0 spiro atoms. The van der Waals surface area contributed by atoms with Crippen molar-refractivity contribution in [3.63, 3.8) is 0 Å². The van der Waals surface area contributed by atoms with Crippen LogP contribution in [0.2, 0.25) is 5.02 Å². The Labute approximate surface area is 131 Å². The fraction of sp³-hybridized carbons (Fsp3) is 0.200. The molecule has 108 valence electrons. The Morgan fingerprint density at radius 2 is 2.24 bits per heavy atom. The number of benzene rings is 1. The lowest BCUT2D eigenvalue weighted by molar-refractivity contribution is -0.116. The molecule has 0 N–H and O–H groups in total. The first kappa shape index (κ1) is 14.1. The van der Waals surface area contributed by atoms with Gasteiger partial charge in [0.05, 0.1) is 28.0 Å². The third-order valence-corrected chi connectivity index (χ3v) is 4.73. The van der Waals surface area contributed by atoms with Gasteiger partial charge in [-0.05, 0) is 30.7 Å². The smallest absolute Gasteiger partial charge is 0.226 e. The Balaban J connectivity index is 2.05. The number of carbonyl (C=O) groups is 1. The summed E-state index contributed by atoms with van der Waals surface area (Å²) in [6.45, 7) is 3.86. The van der Waals surface area contributed by atoms with Crippen LogP contribution < -0.4 is 4.90 Å². The van der Waals surface area contributed by atoms with Gasteiger partial charge >= 0.3 is 0 Å². The normalized spacial score (nSPS) is 11.0. The van der Waals surface area contributed by atoms with E-state index >= 15 is 0 Å². The molecular weight excluding hydrogens is 308 g/mol. The van der Waals surface area contributed by atoms with Crippen LogP contribution >= 0.6 is 22.9 Å². The van der Waals surface area contributed by atoms with Gasteiger partial charge in [0.15, 0.2) is 5.13 Å². The van der Waals surface area contributed by atoms with Gasteiger partial charge < -0.3 is 4.42 Å². The summed E-state index contributed by atoms with van der Waals surface area (Å²) in [6.07, 6.45) is 1.59. The lowest BCUT2D eigenvalue weighted by atomic mass is 10.2. The Hall–Kier alpha value is -1.85. The van der Waals surface area contributed by atoms with Crippen LogP contribution in [0.1, 0.15) is 18.2 Å². The number of hydrogen-bond donors (Lipinski definition) is 0. The highest BCUT2D eigenvalue weighted by atomic mass is 35.5. The maximum absolute atomic E-state index is 11.9. The summed E-state index contributed by atoms with van der Waals surface area (Å²) in [6, 6.07) is 7.42. The molecule has 0 unspecified atom stereocenters. The molecule has 6 heteroatoms. The number of fused-ring (bicyclic) bond motifs is 1. The summed E-state index contributed by atoms with van der Waals surface area (Å²) in [4.78, 5) is 18.1. The fourth-order valence-corrected chi connectivity index (χ4v) is 3.44. The molecule has 0 atom stereocenters. The van der Waals surface area contributed by atoms with Gasteiger partial charge in [-0.15, -0.1) is 0 Å². The van der Waals surface area contributed by atoms with Crippen molar-refractivity contribution < 1.29 is 9.21 Å². The molecule has 1 aromatic carbocycles. The predicted octanol–water partition coefficient (Wildman–Crippen LogP) is 4.40. The van der Waals surface area contributed by atoms with E-state index in [9.17, 15) is 4.79 Å². The second-order valence-corrected chi connectivity index (χ2v) is 6.11. The highest BCUT2D eigenvalue weighted by Gasteiger charge is 2.19. The van der Waals surface area contributed by atoms with Crippen molar-refractivity contribution >= 4 is 44.2 Å². The first-order chi connectivity index (χ1) is 10.1. The molecule has 1 amide bonds. The van der Waals surface area contributed by atoms with Gasteiger partial charge in [-0.25, -0.2) is 4.98 Å². The van der Waals surface area contributed by atoms with Crippen molar-refractivity contribution in [3.8, 4) is 0 Å². The zero-order chi connectivity index (χ0) is 15.0. The molecule has 0 bridgehead atoms. The summed E-state index contributed by atoms with van der Waals surface area (Å²) in [5, 5.41) is 1.28. The van der Waals surface area contributed by atoms with Crippen LogP contribution in [0.15, 0.2) is 34.9 Å². The molecule has 4 nitrogen and oxygen atoms in total. The fourth-order valence-electron chi connectivity index (χ4n) is 2.08. The van der Waals surface area contributed by atoms with E-state index in [2.05, 4.69) is 4.98 Å². The number of furan rings is 1. The molecule has 0 aliphatic carbocycles. The Morgan fingerprint density at radius 1 is 1.43 bits per heavy atom. The first-order valence-electron chi connectivity index (χ1n) is 6.42. The first-order valence-corrected chi connectivity index (χ1v) is 7.62. The molecule has 0 radical (unpaired) electrons. The summed E-state index contributed by atoms with van der Waals surface area (Å²) in [5.41, 5.74) is 1.88. The minimum atomic E-state index is -0.0840. The molecule has 0 saturated heterocycles. The molecule has 3 aromatic rings. The highest BCUT2D eigenvalue weighted by molar-refractivity contribution is 7.23. The SMILES string of the molecule is CC(=O)N(Cc1ccco1)c1nc2c(C)ccc(Cl)c2s1. The van der Waals surface area contributed by atoms with Crippen molar-refractivity contribution in [1.82, 2.24) is 4.98 Å². The van der Waals surface area contributed by atoms with E-state index in [4.69, 9.17) is 16.0 Å². The van der Waals surface area contributed by atoms with Crippen molar-refractivity contribution in [2.24, 2.45) is 0 Å². The maximum atomic E-state index is 11.9. The van der Waals surface area contributed by atoms with Crippen LogP contribution in [0.3, 0.4) is 0 Å². The van der Waals surface area contributed by atoms with Gasteiger partial charge in [0.1, 0.15) is 5.76 Å². The summed E-state index contributed by atoms with van der Waals surface area (Å²) in [5.74, 6) is 0.631.